The minimum absolute atomic E-state index is 0.0589. The van der Waals surface area contributed by atoms with Crippen LogP contribution in [0.4, 0.5) is 0 Å². The molecule has 0 bridgehead atoms. The van der Waals surface area contributed by atoms with E-state index in [2.05, 4.69) is 10.2 Å². The summed E-state index contributed by atoms with van der Waals surface area (Å²) in [6.45, 7) is 4.75. The van der Waals surface area contributed by atoms with Gasteiger partial charge < -0.3 is 19.5 Å². The molecular weight excluding hydrogens is 310 g/mol. The average Bonchev–Trinajstić information content (AvgIpc) is 2.90. The third kappa shape index (κ3) is 2.20. The van der Waals surface area contributed by atoms with Crippen molar-refractivity contribution in [1.82, 2.24) is 15.1 Å². The van der Waals surface area contributed by atoms with Crippen molar-refractivity contribution in [3.63, 3.8) is 0 Å². The van der Waals surface area contributed by atoms with Crippen LogP contribution in [0.1, 0.15) is 26.2 Å². The predicted octanol–water partition coefficient (Wildman–Crippen LogP) is 0.768. The van der Waals surface area contributed by atoms with Crippen LogP contribution < -0.4 is 0 Å². The van der Waals surface area contributed by atoms with E-state index in [1.165, 1.54) is 4.90 Å². The fourth-order valence-corrected chi connectivity index (χ4v) is 3.95. The van der Waals surface area contributed by atoms with Gasteiger partial charge in [0.2, 0.25) is 11.8 Å². The third-order valence-corrected chi connectivity index (χ3v) is 4.75. The molecule has 1 amide bonds. The summed E-state index contributed by atoms with van der Waals surface area (Å²) < 4.78 is 5.25. The minimum atomic E-state index is -1.19. The number of fused-ring (bicyclic) bond motifs is 1. The summed E-state index contributed by atoms with van der Waals surface area (Å²) in [6.07, 6.45) is 0.355. The van der Waals surface area contributed by atoms with Gasteiger partial charge in [-0.2, -0.15) is 0 Å². The number of rotatable bonds is 4. The second kappa shape index (κ2) is 4.82. The zero-order chi connectivity index (χ0) is 16.2. The Balaban J connectivity index is 1.90. The molecule has 1 saturated heterocycles. The Hall–Kier alpha value is -1.87. The molecule has 0 aliphatic carbocycles. The molecular formula is C13H15N3O5S. The summed E-state index contributed by atoms with van der Waals surface area (Å²) >= 11 is 1.05. The van der Waals surface area contributed by atoms with Crippen molar-refractivity contribution in [2.75, 3.05) is 0 Å². The largest absolute Gasteiger partial charge is 0.477 e. The number of carboxylic acid groups (broad SMARTS) is 1. The van der Waals surface area contributed by atoms with Crippen molar-refractivity contribution in [3.05, 3.63) is 16.5 Å². The number of hydrogen-bond donors (Lipinski definition) is 2. The highest BCUT2D eigenvalue weighted by Crippen LogP contribution is 2.50. The van der Waals surface area contributed by atoms with Crippen LogP contribution in [0.2, 0.25) is 0 Å². The maximum absolute atomic E-state index is 12.2. The smallest absolute Gasteiger partial charge is 0.353 e. The Morgan fingerprint density at radius 1 is 1.45 bits per heavy atom. The van der Waals surface area contributed by atoms with Crippen LogP contribution in [0.15, 0.2) is 20.2 Å². The summed E-state index contributed by atoms with van der Waals surface area (Å²) in [5.74, 6) is -1.77. The van der Waals surface area contributed by atoms with Crippen LogP contribution in [-0.2, 0) is 9.59 Å². The van der Waals surface area contributed by atoms with Crippen molar-refractivity contribution < 1.29 is 24.2 Å². The molecule has 0 radical (unpaired) electrons. The second-order valence-electron chi connectivity index (χ2n) is 5.88. The van der Waals surface area contributed by atoms with Crippen molar-refractivity contribution >= 4 is 23.6 Å². The maximum Gasteiger partial charge on any atom is 0.353 e. The molecule has 0 saturated carbocycles. The van der Waals surface area contributed by atoms with Gasteiger partial charge in [0.25, 0.3) is 5.22 Å². The van der Waals surface area contributed by atoms with Gasteiger partial charge in [-0.25, -0.2) is 4.79 Å². The molecule has 118 valence electrons. The number of hydrogen-bond acceptors (Lipinski definition) is 7. The quantitative estimate of drug-likeness (QED) is 0.780. The molecule has 2 atom stereocenters. The lowest BCUT2D eigenvalue weighted by atomic mass is 9.76. The lowest BCUT2D eigenvalue weighted by Crippen LogP contribution is -2.65. The number of β-lactam (4-membered cyclic amide) rings is 1. The summed E-state index contributed by atoms with van der Waals surface area (Å²) in [5, 5.41) is 27.3. The molecule has 1 aromatic rings. The predicted molar refractivity (Wildman–Crippen MR) is 74.6 cm³/mol. The number of aliphatic carboxylic acids is 1. The lowest BCUT2D eigenvalue weighted by molar-refractivity contribution is -0.169. The lowest BCUT2D eigenvalue weighted by Gasteiger charge is -2.48. The summed E-state index contributed by atoms with van der Waals surface area (Å²) in [5.41, 5.74) is -1.25. The number of aromatic nitrogens is 2. The van der Waals surface area contributed by atoms with Gasteiger partial charge in [-0.3, -0.25) is 4.79 Å². The zero-order valence-corrected chi connectivity index (χ0v) is 13.0. The normalized spacial score (nSPS) is 24.5. The van der Waals surface area contributed by atoms with Gasteiger partial charge >= 0.3 is 5.97 Å². The zero-order valence-electron chi connectivity index (χ0n) is 12.2. The monoisotopic (exact) mass is 325 g/mol. The maximum atomic E-state index is 12.2. The van der Waals surface area contributed by atoms with Gasteiger partial charge in [0.15, 0.2) is 0 Å². The average molecular weight is 325 g/mol. The van der Waals surface area contributed by atoms with E-state index >= 15 is 0 Å². The van der Waals surface area contributed by atoms with E-state index in [0.29, 0.717) is 17.2 Å². The highest BCUT2D eigenvalue weighted by molar-refractivity contribution is 8.02. The second-order valence-corrected chi connectivity index (χ2v) is 6.92. The standard InChI is InChI=1S/C13H15N3O5S/c1-5-14-15-12(21-5)22-7-4-6-8(13(2,3)20)10(17)16(6)9(7)11(18)19/h6,8,20H,4H2,1-3H3,(H,18,19)/t6-,8+/m1/s1. The van der Waals surface area contributed by atoms with Crippen molar-refractivity contribution in [3.8, 4) is 0 Å². The molecule has 1 fully saturated rings. The van der Waals surface area contributed by atoms with Crippen LogP contribution >= 0.6 is 11.8 Å². The number of amides is 1. The highest BCUT2D eigenvalue weighted by atomic mass is 32.2. The van der Waals surface area contributed by atoms with Crippen LogP contribution in [-0.4, -0.2) is 48.8 Å². The van der Waals surface area contributed by atoms with Gasteiger partial charge in [-0.15, -0.1) is 10.2 Å². The number of carbonyl (C=O) groups is 2. The first-order valence-electron chi connectivity index (χ1n) is 6.70. The summed E-state index contributed by atoms with van der Waals surface area (Å²) in [7, 11) is 0. The molecule has 22 heavy (non-hydrogen) atoms. The summed E-state index contributed by atoms with van der Waals surface area (Å²) in [4.78, 5) is 25.5. The van der Waals surface area contributed by atoms with Gasteiger partial charge in [0.05, 0.1) is 17.6 Å². The van der Waals surface area contributed by atoms with Crippen LogP contribution in [0.5, 0.6) is 0 Å². The van der Waals surface area contributed by atoms with E-state index in [1.54, 1.807) is 20.8 Å². The van der Waals surface area contributed by atoms with Crippen molar-refractivity contribution in [2.45, 2.75) is 44.1 Å². The Morgan fingerprint density at radius 2 is 2.14 bits per heavy atom. The molecule has 2 N–H and O–H groups in total. The molecule has 2 aliphatic heterocycles. The Morgan fingerprint density at radius 3 is 2.64 bits per heavy atom. The first-order chi connectivity index (χ1) is 10.2. The first kappa shape index (κ1) is 15.0. The topological polar surface area (TPSA) is 117 Å². The molecule has 2 aliphatic rings. The third-order valence-electron chi connectivity index (χ3n) is 3.80. The Kier molecular flexibility index (Phi) is 3.29. The van der Waals surface area contributed by atoms with Crippen LogP contribution in [0.3, 0.4) is 0 Å². The van der Waals surface area contributed by atoms with Crippen molar-refractivity contribution in [1.29, 1.82) is 0 Å². The van der Waals surface area contributed by atoms with Gasteiger partial charge in [-0.05, 0) is 25.6 Å². The minimum Gasteiger partial charge on any atom is -0.477 e. The molecule has 9 heteroatoms. The number of aryl methyl sites for hydroxylation is 1. The van der Waals surface area contributed by atoms with Crippen molar-refractivity contribution in [2.24, 2.45) is 5.92 Å². The van der Waals surface area contributed by atoms with Crippen LogP contribution in [0, 0.1) is 12.8 Å². The SMILES string of the molecule is Cc1nnc(SC2=C(C(=O)O)N3C(=O)[C@@H](C(C)(C)O)[C@H]3C2)o1. The number of carbonyl (C=O) groups excluding carboxylic acids is 1. The van der Waals surface area contributed by atoms with Gasteiger partial charge in [-0.1, -0.05) is 0 Å². The fraction of sp³-hybridized carbons (Fsp3) is 0.538. The van der Waals surface area contributed by atoms with E-state index in [-0.39, 0.29) is 22.9 Å². The van der Waals surface area contributed by atoms with Gasteiger partial charge in [0.1, 0.15) is 5.70 Å². The first-order valence-corrected chi connectivity index (χ1v) is 7.51. The molecule has 0 spiro atoms. The van der Waals surface area contributed by atoms with E-state index in [9.17, 15) is 19.8 Å². The molecule has 8 nitrogen and oxygen atoms in total. The molecule has 3 rings (SSSR count). The van der Waals surface area contributed by atoms with Crippen LogP contribution in [0.25, 0.3) is 0 Å². The number of carboxylic acids is 1. The molecule has 0 unspecified atom stereocenters. The molecule has 3 heterocycles. The fourth-order valence-electron chi connectivity index (χ4n) is 2.96. The van der Waals surface area contributed by atoms with Gasteiger partial charge in [0, 0.05) is 18.2 Å². The molecule has 1 aromatic heterocycles. The van der Waals surface area contributed by atoms with E-state index < -0.39 is 17.5 Å². The van der Waals surface area contributed by atoms with E-state index in [4.69, 9.17) is 4.42 Å². The number of aliphatic hydroxyl groups is 1. The Labute approximate surface area is 130 Å². The van der Waals surface area contributed by atoms with E-state index in [0.717, 1.165) is 11.8 Å². The number of thioether (sulfide) groups is 1. The van der Waals surface area contributed by atoms with E-state index in [1.807, 2.05) is 0 Å². The summed E-state index contributed by atoms with van der Waals surface area (Å²) in [6, 6.07) is -0.342. The highest BCUT2D eigenvalue weighted by Gasteiger charge is 2.60. The Bertz CT molecular complexity index is 690. The number of nitrogens with zero attached hydrogens (tertiary/aromatic N) is 3. The molecule has 0 aromatic carbocycles.